The van der Waals surface area contributed by atoms with Crippen molar-refractivity contribution in [3.63, 3.8) is 0 Å². The monoisotopic (exact) mass is 407 g/mol. The molecular formula is C21H18FN5OS. The first-order valence-electron chi connectivity index (χ1n) is 9.05. The van der Waals surface area contributed by atoms with Crippen LogP contribution in [0.25, 0.3) is 16.4 Å². The Hall–Kier alpha value is -3.39. The van der Waals surface area contributed by atoms with Crippen LogP contribution < -0.4 is 4.90 Å². The van der Waals surface area contributed by atoms with Gasteiger partial charge in [-0.1, -0.05) is 12.1 Å². The van der Waals surface area contributed by atoms with Gasteiger partial charge in [0.25, 0.3) is 5.91 Å². The second-order valence-electron chi connectivity index (χ2n) is 6.61. The molecule has 4 aromatic rings. The van der Waals surface area contributed by atoms with Crippen molar-refractivity contribution in [2.75, 3.05) is 4.90 Å². The van der Waals surface area contributed by atoms with E-state index in [1.54, 1.807) is 35.5 Å². The Labute approximate surface area is 171 Å². The van der Waals surface area contributed by atoms with Crippen molar-refractivity contribution in [3.8, 4) is 16.4 Å². The summed E-state index contributed by atoms with van der Waals surface area (Å²) in [5, 5.41) is 6.35. The Morgan fingerprint density at radius 1 is 1.17 bits per heavy atom. The van der Waals surface area contributed by atoms with Crippen LogP contribution in [0.1, 0.15) is 24.5 Å². The van der Waals surface area contributed by atoms with Gasteiger partial charge in [-0.2, -0.15) is 0 Å². The van der Waals surface area contributed by atoms with Crippen LogP contribution in [0.2, 0.25) is 0 Å². The van der Waals surface area contributed by atoms with E-state index < -0.39 is 0 Å². The smallest absolute Gasteiger partial charge is 0.298 e. The van der Waals surface area contributed by atoms with Crippen LogP contribution in [0.4, 0.5) is 10.1 Å². The molecule has 3 heterocycles. The summed E-state index contributed by atoms with van der Waals surface area (Å²) >= 11 is 1.47. The van der Waals surface area contributed by atoms with Gasteiger partial charge in [0.15, 0.2) is 5.82 Å². The first-order valence-corrected chi connectivity index (χ1v) is 9.93. The van der Waals surface area contributed by atoms with Crippen LogP contribution in [0.5, 0.6) is 0 Å². The van der Waals surface area contributed by atoms with Gasteiger partial charge in [-0.05, 0) is 55.6 Å². The molecule has 0 bridgehead atoms. The Bertz CT molecular complexity index is 1130. The molecule has 6 nitrogen and oxygen atoms in total. The lowest BCUT2D eigenvalue weighted by atomic mass is 10.2. The molecule has 0 spiro atoms. The normalized spacial score (nSPS) is 11.0. The molecule has 146 valence electrons. The molecule has 8 heteroatoms. The number of pyridine rings is 1. The zero-order valence-electron chi connectivity index (χ0n) is 15.9. The van der Waals surface area contributed by atoms with Crippen LogP contribution in [-0.4, -0.2) is 31.7 Å². The first kappa shape index (κ1) is 18.9. The fraction of sp³-hybridized carbons (Fsp3) is 0.143. The van der Waals surface area contributed by atoms with E-state index in [9.17, 15) is 9.18 Å². The van der Waals surface area contributed by atoms with Gasteiger partial charge in [0.2, 0.25) is 5.82 Å². The maximum atomic E-state index is 13.8. The molecular weight excluding hydrogens is 389 g/mol. The summed E-state index contributed by atoms with van der Waals surface area (Å²) in [7, 11) is 0. The summed E-state index contributed by atoms with van der Waals surface area (Å²) in [4.78, 5) is 24.4. The lowest BCUT2D eigenvalue weighted by Gasteiger charge is -2.25. The highest BCUT2D eigenvalue weighted by Crippen LogP contribution is 2.27. The van der Waals surface area contributed by atoms with Gasteiger partial charge in [0.1, 0.15) is 5.82 Å². The second kappa shape index (κ2) is 7.92. The standard InChI is InChI=1S/C21H18FN5OS/c1-14(2)26(17-8-4-10-23-13-17)21(28)19-24-20(18-9-5-11-29-18)27(25-19)16-7-3-6-15(22)12-16/h3-14H,1-2H3. The minimum atomic E-state index is -0.387. The van der Waals surface area contributed by atoms with Crippen molar-refractivity contribution >= 4 is 22.9 Å². The van der Waals surface area contributed by atoms with E-state index in [1.165, 1.54) is 28.2 Å². The van der Waals surface area contributed by atoms with Crippen LogP contribution in [0, 0.1) is 5.82 Å². The van der Waals surface area contributed by atoms with Gasteiger partial charge in [-0.15, -0.1) is 16.4 Å². The Morgan fingerprint density at radius 3 is 2.69 bits per heavy atom. The number of carbonyl (C=O) groups is 1. The van der Waals surface area contributed by atoms with E-state index in [0.29, 0.717) is 17.2 Å². The molecule has 0 aliphatic heterocycles. The highest BCUT2D eigenvalue weighted by molar-refractivity contribution is 7.13. The summed E-state index contributed by atoms with van der Waals surface area (Å²) in [5.41, 5.74) is 1.16. The predicted octanol–water partition coefficient (Wildman–Crippen LogP) is 4.59. The number of aromatic nitrogens is 4. The van der Waals surface area contributed by atoms with Crippen LogP contribution in [-0.2, 0) is 0 Å². The molecule has 29 heavy (non-hydrogen) atoms. The SMILES string of the molecule is CC(C)N(C(=O)c1nc(-c2cccs2)n(-c2cccc(F)c2)n1)c1cccnc1. The molecule has 0 aliphatic carbocycles. The van der Waals surface area contributed by atoms with E-state index in [2.05, 4.69) is 15.1 Å². The van der Waals surface area contributed by atoms with E-state index in [4.69, 9.17) is 0 Å². The number of thiophene rings is 1. The molecule has 1 aromatic carbocycles. The van der Waals surface area contributed by atoms with Gasteiger partial charge >= 0.3 is 0 Å². The molecule has 0 atom stereocenters. The highest BCUT2D eigenvalue weighted by Gasteiger charge is 2.27. The average Bonchev–Trinajstić information content (AvgIpc) is 3.38. The van der Waals surface area contributed by atoms with Gasteiger partial charge in [-0.25, -0.2) is 14.1 Å². The molecule has 0 saturated carbocycles. The lowest BCUT2D eigenvalue weighted by Crippen LogP contribution is -2.37. The van der Waals surface area contributed by atoms with Crippen molar-refractivity contribution in [2.24, 2.45) is 0 Å². The van der Waals surface area contributed by atoms with Crippen molar-refractivity contribution in [1.82, 2.24) is 19.7 Å². The van der Waals surface area contributed by atoms with Gasteiger partial charge in [0, 0.05) is 12.2 Å². The zero-order chi connectivity index (χ0) is 20.4. The number of benzene rings is 1. The third-order valence-corrected chi connectivity index (χ3v) is 5.12. The molecule has 0 fully saturated rings. The fourth-order valence-electron chi connectivity index (χ4n) is 3.01. The first-order chi connectivity index (χ1) is 14.0. The molecule has 0 unspecified atom stereocenters. The molecule has 0 radical (unpaired) electrons. The third-order valence-electron chi connectivity index (χ3n) is 4.25. The summed E-state index contributed by atoms with van der Waals surface area (Å²) in [5.74, 6) is -0.206. The van der Waals surface area contributed by atoms with Crippen LogP contribution in [0.15, 0.2) is 66.3 Å². The van der Waals surface area contributed by atoms with Crippen molar-refractivity contribution in [1.29, 1.82) is 0 Å². The average molecular weight is 407 g/mol. The Morgan fingerprint density at radius 2 is 2.03 bits per heavy atom. The number of amides is 1. The largest absolute Gasteiger partial charge is 0.302 e. The fourth-order valence-corrected chi connectivity index (χ4v) is 3.71. The van der Waals surface area contributed by atoms with Crippen molar-refractivity contribution in [2.45, 2.75) is 19.9 Å². The zero-order valence-corrected chi connectivity index (χ0v) is 16.7. The van der Waals surface area contributed by atoms with Crippen molar-refractivity contribution < 1.29 is 9.18 Å². The number of hydrogen-bond acceptors (Lipinski definition) is 5. The number of rotatable bonds is 5. The van der Waals surface area contributed by atoms with Gasteiger partial charge in [-0.3, -0.25) is 9.78 Å². The van der Waals surface area contributed by atoms with E-state index in [-0.39, 0.29) is 23.6 Å². The van der Waals surface area contributed by atoms with Crippen LogP contribution in [0.3, 0.4) is 0 Å². The minimum absolute atomic E-state index is 0.0372. The Kier molecular flexibility index (Phi) is 5.18. The molecule has 0 saturated heterocycles. The number of carbonyl (C=O) groups excluding carboxylic acids is 1. The van der Waals surface area contributed by atoms with Crippen LogP contribution >= 0.6 is 11.3 Å². The maximum absolute atomic E-state index is 13.8. The van der Waals surface area contributed by atoms with Gasteiger partial charge < -0.3 is 4.90 Å². The Balaban J connectivity index is 1.82. The molecule has 4 rings (SSSR count). The molecule has 0 N–H and O–H groups in total. The number of hydrogen-bond donors (Lipinski definition) is 0. The third kappa shape index (κ3) is 3.79. The van der Waals surface area contributed by atoms with Gasteiger partial charge in [0.05, 0.1) is 22.4 Å². The summed E-state index contributed by atoms with van der Waals surface area (Å²) < 4.78 is 15.3. The van der Waals surface area contributed by atoms with Crippen molar-refractivity contribution in [3.05, 3.63) is 77.9 Å². The quantitative estimate of drug-likeness (QED) is 0.486. The molecule has 3 aromatic heterocycles. The summed E-state index contributed by atoms with van der Waals surface area (Å²) in [6.45, 7) is 3.82. The maximum Gasteiger partial charge on any atom is 0.298 e. The number of nitrogens with zero attached hydrogens (tertiary/aromatic N) is 5. The topological polar surface area (TPSA) is 63.9 Å². The minimum Gasteiger partial charge on any atom is -0.302 e. The second-order valence-corrected chi connectivity index (χ2v) is 7.56. The highest BCUT2D eigenvalue weighted by atomic mass is 32.1. The predicted molar refractivity (Wildman–Crippen MR) is 111 cm³/mol. The van der Waals surface area contributed by atoms with E-state index >= 15 is 0 Å². The number of halogens is 1. The summed E-state index contributed by atoms with van der Waals surface area (Å²) in [6, 6.07) is 13.3. The molecule has 0 aliphatic rings. The van der Waals surface area contributed by atoms with E-state index in [0.717, 1.165) is 4.88 Å². The number of anilines is 1. The van der Waals surface area contributed by atoms with E-state index in [1.807, 2.05) is 37.4 Å². The molecule has 1 amide bonds. The lowest BCUT2D eigenvalue weighted by molar-refractivity contribution is 0.0970. The summed E-state index contributed by atoms with van der Waals surface area (Å²) in [6.07, 6.45) is 3.28.